The number of halogens is 2. The van der Waals surface area contributed by atoms with Crippen molar-refractivity contribution in [2.45, 2.75) is 39.2 Å². The van der Waals surface area contributed by atoms with Crippen molar-refractivity contribution in [3.63, 3.8) is 0 Å². The Labute approximate surface area is 179 Å². The van der Waals surface area contributed by atoms with Crippen LogP contribution in [0.3, 0.4) is 0 Å². The fraction of sp³-hybridized carbons (Fsp3) is 0.350. The first kappa shape index (κ1) is 22.8. The molecule has 0 saturated carbocycles. The molecular weight excluding hydrogens is 419 g/mol. The van der Waals surface area contributed by atoms with Crippen LogP contribution in [0.4, 0.5) is 11.4 Å². The summed E-state index contributed by atoms with van der Waals surface area (Å²) < 4.78 is 10.8. The molecule has 0 aliphatic carbocycles. The van der Waals surface area contributed by atoms with E-state index in [1.165, 1.54) is 24.3 Å². The number of carbonyl (C=O) groups is 1. The van der Waals surface area contributed by atoms with Gasteiger partial charge in [0.05, 0.1) is 23.0 Å². The minimum Gasteiger partial charge on any atom is -0.466 e. The molecule has 0 bridgehead atoms. The van der Waals surface area contributed by atoms with Gasteiger partial charge >= 0.3 is 5.97 Å². The maximum atomic E-state index is 12.0. The Kier molecular flexibility index (Phi) is 7.70. The molecular formula is C20H22Cl2N2O5. The van der Waals surface area contributed by atoms with E-state index in [1.54, 1.807) is 26.0 Å². The number of hydrogen-bond donors (Lipinski definition) is 1. The average Bonchev–Trinajstić information content (AvgIpc) is 2.64. The van der Waals surface area contributed by atoms with E-state index >= 15 is 0 Å². The van der Waals surface area contributed by atoms with E-state index in [0.29, 0.717) is 28.0 Å². The molecule has 0 amide bonds. The number of esters is 1. The Morgan fingerprint density at radius 2 is 1.93 bits per heavy atom. The second kappa shape index (κ2) is 9.80. The zero-order valence-corrected chi connectivity index (χ0v) is 17.8. The van der Waals surface area contributed by atoms with Gasteiger partial charge < -0.3 is 14.8 Å². The average molecular weight is 441 g/mol. The molecule has 0 spiro atoms. The van der Waals surface area contributed by atoms with Crippen molar-refractivity contribution < 1.29 is 19.2 Å². The van der Waals surface area contributed by atoms with Crippen LogP contribution < -0.4 is 10.1 Å². The number of nitrogens with zero attached hydrogens (tertiary/aromatic N) is 1. The second-order valence-electron chi connectivity index (χ2n) is 6.63. The quantitative estimate of drug-likeness (QED) is 0.282. The van der Waals surface area contributed by atoms with E-state index in [2.05, 4.69) is 5.32 Å². The third kappa shape index (κ3) is 6.24. The molecule has 156 valence electrons. The number of carbonyl (C=O) groups excluding carboxylic acids is 1. The summed E-state index contributed by atoms with van der Waals surface area (Å²) in [6.07, 6.45) is 0.597. The molecule has 2 rings (SSSR count). The largest absolute Gasteiger partial charge is 0.466 e. The highest BCUT2D eigenvalue weighted by Gasteiger charge is 2.29. The smallest absolute Gasteiger partial charge is 0.308 e. The van der Waals surface area contributed by atoms with Gasteiger partial charge in [-0.25, -0.2) is 0 Å². The van der Waals surface area contributed by atoms with E-state index in [0.717, 1.165) is 0 Å². The van der Waals surface area contributed by atoms with Crippen LogP contribution in [0.15, 0.2) is 36.4 Å². The molecule has 2 aromatic rings. The Balaban J connectivity index is 2.34. The lowest BCUT2D eigenvalue weighted by atomic mass is 9.94. The Hall–Kier alpha value is -2.51. The van der Waals surface area contributed by atoms with Gasteiger partial charge in [0.25, 0.3) is 5.69 Å². The zero-order chi connectivity index (χ0) is 21.6. The van der Waals surface area contributed by atoms with Gasteiger partial charge in [-0.3, -0.25) is 14.9 Å². The van der Waals surface area contributed by atoms with Crippen LogP contribution in [-0.2, 0) is 9.53 Å². The van der Waals surface area contributed by atoms with Crippen molar-refractivity contribution in [2.75, 3.05) is 11.9 Å². The first-order valence-corrected chi connectivity index (χ1v) is 9.78. The predicted molar refractivity (Wildman–Crippen MR) is 113 cm³/mol. The van der Waals surface area contributed by atoms with Crippen LogP contribution in [-0.4, -0.2) is 23.0 Å². The van der Waals surface area contributed by atoms with E-state index in [9.17, 15) is 14.9 Å². The van der Waals surface area contributed by atoms with Crippen molar-refractivity contribution in [1.82, 2.24) is 0 Å². The summed E-state index contributed by atoms with van der Waals surface area (Å²) in [5.74, 6) is 0.324. The van der Waals surface area contributed by atoms with Gasteiger partial charge in [-0.15, -0.1) is 0 Å². The third-order valence-electron chi connectivity index (χ3n) is 4.34. The maximum absolute atomic E-state index is 12.0. The molecule has 9 heteroatoms. The molecule has 0 aliphatic rings. The summed E-state index contributed by atoms with van der Waals surface area (Å²) in [4.78, 5) is 22.9. The number of anilines is 1. The predicted octanol–water partition coefficient (Wildman–Crippen LogP) is 6.23. The lowest BCUT2D eigenvalue weighted by molar-refractivity contribution is -0.384. The summed E-state index contributed by atoms with van der Waals surface area (Å²) in [6, 6.07) is 9.08. The normalized spacial score (nSPS) is 12.7. The maximum Gasteiger partial charge on any atom is 0.308 e. The number of nitrogens with one attached hydrogen (secondary N) is 1. The van der Waals surface area contributed by atoms with Crippen LogP contribution in [0.25, 0.3) is 0 Å². The standard InChI is InChI=1S/C20H22Cl2N2O5/c1-4-20(3,12-19(25)28-5-2)23-16-11-14(7-8-17(16)24(26)27)29-18-9-6-13(21)10-15(18)22/h6-11,23H,4-5,12H2,1-3H3. The highest BCUT2D eigenvalue weighted by Crippen LogP contribution is 2.37. The minimum absolute atomic E-state index is 0.0581. The van der Waals surface area contributed by atoms with Gasteiger partial charge in [-0.05, 0) is 44.5 Å². The van der Waals surface area contributed by atoms with Gasteiger partial charge in [-0.2, -0.15) is 0 Å². The zero-order valence-electron chi connectivity index (χ0n) is 16.3. The van der Waals surface area contributed by atoms with Crippen molar-refractivity contribution in [3.05, 3.63) is 56.6 Å². The third-order valence-corrected chi connectivity index (χ3v) is 4.87. The summed E-state index contributed by atoms with van der Waals surface area (Å²) in [5.41, 5.74) is -0.651. The van der Waals surface area contributed by atoms with Crippen molar-refractivity contribution in [3.8, 4) is 11.5 Å². The number of benzene rings is 2. The van der Waals surface area contributed by atoms with E-state index in [1.807, 2.05) is 6.92 Å². The fourth-order valence-electron chi connectivity index (χ4n) is 2.64. The van der Waals surface area contributed by atoms with Gasteiger partial charge in [0, 0.05) is 22.7 Å². The number of hydrogen-bond acceptors (Lipinski definition) is 6. The SMILES string of the molecule is CCOC(=O)CC(C)(CC)Nc1cc(Oc2ccc(Cl)cc2Cl)ccc1[N+](=O)[O-]. The topological polar surface area (TPSA) is 90.7 Å². The van der Waals surface area contributed by atoms with Crippen molar-refractivity contribution in [1.29, 1.82) is 0 Å². The van der Waals surface area contributed by atoms with Crippen molar-refractivity contribution >= 4 is 40.5 Å². The number of ether oxygens (including phenoxy) is 2. The molecule has 0 aliphatic heterocycles. The van der Waals surface area contributed by atoms with Crippen LogP contribution in [0.1, 0.15) is 33.6 Å². The molecule has 0 heterocycles. The summed E-state index contributed by atoms with van der Waals surface area (Å²) >= 11 is 12.0. The molecule has 29 heavy (non-hydrogen) atoms. The first-order valence-electron chi connectivity index (χ1n) is 9.02. The van der Waals surface area contributed by atoms with Crippen LogP contribution in [0.5, 0.6) is 11.5 Å². The van der Waals surface area contributed by atoms with E-state index in [-0.39, 0.29) is 30.4 Å². The van der Waals surface area contributed by atoms with Crippen LogP contribution >= 0.6 is 23.2 Å². The van der Waals surface area contributed by atoms with Gasteiger partial charge in [0.2, 0.25) is 0 Å². The molecule has 1 atom stereocenters. The fourth-order valence-corrected chi connectivity index (χ4v) is 3.08. The molecule has 1 unspecified atom stereocenters. The summed E-state index contributed by atoms with van der Waals surface area (Å²) in [7, 11) is 0. The lowest BCUT2D eigenvalue weighted by Crippen LogP contribution is -2.37. The van der Waals surface area contributed by atoms with Gasteiger partial charge in [0.15, 0.2) is 0 Å². The first-order chi connectivity index (χ1) is 13.7. The molecule has 7 nitrogen and oxygen atoms in total. The highest BCUT2D eigenvalue weighted by atomic mass is 35.5. The number of rotatable bonds is 9. The lowest BCUT2D eigenvalue weighted by Gasteiger charge is -2.29. The van der Waals surface area contributed by atoms with E-state index in [4.69, 9.17) is 32.7 Å². The molecule has 0 radical (unpaired) electrons. The molecule has 2 aromatic carbocycles. The second-order valence-corrected chi connectivity index (χ2v) is 7.48. The van der Waals surface area contributed by atoms with Crippen molar-refractivity contribution in [2.24, 2.45) is 0 Å². The Bertz CT molecular complexity index is 906. The van der Waals surface area contributed by atoms with Gasteiger partial charge in [0.1, 0.15) is 17.2 Å². The van der Waals surface area contributed by atoms with Gasteiger partial charge in [-0.1, -0.05) is 30.1 Å². The van der Waals surface area contributed by atoms with E-state index < -0.39 is 10.5 Å². The van der Waals surface area contributed by atoms with Crippen LogP contribution in [0.2, 0.25) is 10.0 Å². The highest BCUT2D eigenvalue weighted by molar-refractivity contribution is 6.35. The number of nitro benzene ring substituents is 1. The Morgan fingerprint density at radius 3 is 2.52 bits per heavy atom. The monoisotopic (exact) mass is 440 g/mol. The molecule has 0 aromatic heterocycles. The van der Waals surface area contributed by atoms with Crippen LogP contribution in [0, 0.1) is 10.1 Å². The summed E-state index contributed by atoms with van der Waals surface area (Å²) in [5, 5.41) is 15.4. The molecule has 1 N–H and O–H groups in total. The minimum atomic E-state index is -0.743. The number of nitro groups is 1. The Morgan fingerprint density at radius 1 is 1.21 bits per heavy atom. The molecule has 0 fully saturated rings. The summed E-state index contributed by atoms with van der Waals surface area (Å²) in [6.45, 7) is 5.68. The molecule has 0 saturated heterocycles.